The summed E-state index contributed by atoms with van der Waals surface area (Å²) in [5.74, 6) is 2.44. The maximum atomic E-state index is 14.9. The van der Waals surface area contributed by atoms with Crippen LogP contribution in [0.3, 0.4) is 0 Å². The Bertz CT molecular complexity index is 538. The van der Waals surface area contributed by atoms with E-state index in [0.29, 0.717) is 29.6 Å². The highest BCUT2D eigenvalue weighted by atomic mass is 19.1. The van der Waals surface area contributed by atoms with Gasteiger partial charge >= 0.3 is 0 Å². The highest BCUT2D eigenvalue weighted by Crippen LogP contribution is 2.66. The van der Waals surface area contributed by atoms with Gasteiger partial charge in [0.05, 0.1) is 6.10 Å². The van der Waals surface area contributed by atoms with E-state index in [1.807, 2.05) is 0 Å². The van der Waals surface area contributed by atoms with Crippen LogP contribution in [0.5, 0.6) is 0 Å². The van der Waals surface area contributed by atoms with E-state index in [-0.39, 0.29) is 5.41 Å². The molecule has 3 unspecified atom stereocenters. The fraction of sp³-hybridized carbons (Fsp3) is 0.905. The molecule has 0 heterocycles. The molecule has 0 radical (unpaired) electrons. The quantitative estimate of drug-likeness (QED) is 0.602. The average Bonchev–Trinajstić information content (AvgIpc) is 2.68. The Morgan fingerprint density at radius 3 is 2.61 bits per heavy atom. The van der Waals surface area contributed by atoms with Crippen molar-refractivity contribution in [2.45, 2.75) is 84.4 Å². The highest BCUT2D eigenvalue weighted by Gasteiger charge is 2.64. The van der Waals surface area contributed by atoms with Gasteiger partial charge in [-0.1, -0.05) is 32.4 Å². The Kier molecular flexibility index (Phi) is 3.39. The van der Waals surface area contributed by atoms with E-state index in [4.69, 9.17) is 0 Å². The van der Waals surface area contributed by atoms with Gasteiger partial charge in [0.25, 0.3) is 0 Å². The fourth-order valence-corrected chi connectivity index (χ4v) is 7.14. The molecule has 0 amide bonds. The summed E-state index contributed by atoms with van der Waals surface area (Å²) in [5.41, 5.74) is 0.425. The molecule has 2 heteroatoms. The van der Waals surface area contributed by atoms with E-state index in [1.165, 1.54) is 25.7 Å². The van der Waals surface area contributed by atoms with Crippen molar-refractivity contribution in [3.05, 3.63) is 11.6 Å². The van der Waals surface area contributed by atoms with Crippen LogP contribution in [0.15, 0.2) is 11.6 Å². The molecule has 4 aliphatic carbocycles. The predicted octanol–water partition coefficient (Wildman–Crippen LogP) is 5.28. The van der Waals surface area contributed by atoms with Gasteiger partial charge in [-0.15, -0.1) is 0 Å². The number of hydrogen-bond acceptors (Lipinski definition) is 1. The summed E-state index contributed by atoms with van der Waals surface area (Å²) in [5, 5.41) is 10.6. The standard InChI is InChI=1S/C21H33FO/c1-13-7-9-19(2)14(11-13)5-6-15-16(19)8-10-20(3)17(15)12-21(4,22)18(20)23/h5,13,15-18,23H,6-12H2,1-4H3/t13?,15-,16-,17+,18?,19+,20+,21?/m1/s1. The smallest absolute Gasteiger partial charge is 0.134 e. The van der Waals surface area contributed by atoms with Crippen LogP contribution >= 0.6 is 0 Å². The van der Waals surface area contributed by atoms with Crippen molar-refractivity contribution in [3.8, 4) is 0 Å². The number of halogens is 1. The minimum atomic E-state index is -1.40. The Hall–Kier alpha value is -0.370. The second-order valence-corrected chi connectivity index (χ2v) is 10.0. The Morgan fingerprint density at radius 1 is 1.13 bits per heavy atom. The monoisotopic (exact) mass is 320 g/mol. The van der Waals surface area contributed by atoms with E-state index in [1.54, 1.807) is 12.5 Å². The van der Waals surface area contributed by atoms with Crippen molar-refractivity contribution in [1.29, 1.82) is 0 Å². The molecule has 0 saturated heterocycles. The van der Waals surface area contributed by atoms with Crippen LogP contribution in [0.1, 0.15) is 72.6 Å². The molecule has 1 N–H and O–H groups in total. The van der Waals surface area contributed by atoms with Gasteiger partial charge in [0.2, 0.25) is 0 Å². The third-order valence-electron chi connectivity index (χ3n) is 8.60. The maximum Gasteiger partial charge on any atom is 0.134 e. The molecule has 0 bridgehead atoms. The summed E-state index contributed by atoms with van der Waals surface area (Å²) in [6.07, 6.45) is 9.49. The first-order chi connectivity index (χ1) is 10.7. The van der Waals surface area contributed by atoms with Crippen molar-refractivity contribution < 1.29 is 9.50 Å². The number of rotatable bonds is 0. The number of aliphatic hydroxyl groups excluding tert-OH is 1. The molecule has 3 fully saturated rings. The van der Waals surface area contributed by atoms with E-state index in [9.17, 15) is 9.50 Å². The molecule has 0 spiro atoms. The molecule has 3 saturated carbocycles. The zero-order valence-electron chi connectivity index (χ0n) is 15.2. The molecule has 0 aromatic carbocycles. The van der Waals surface area contributed by atoms with Crippen molar-refractivity contribution in [3.63, 3.8) is 0 Å². The first-order valence-electron chi connectivity index (χ1n) is 9.75. The number of hydrogen-bond donors (Lipinski definition) is 1. The second-order valence-electron chi connectivity index (χ2n) is 10.0. The third kappa shape index (κ3) is 2.06. The second kappa shape index (κ2) is 4.84. The first-order valence-corrected chi connectivity index (χ1v) is 9.75. The van der Waals surface area contributed by atoms with Gasteiger partial charge in [0, 0.05) is 0 Å². The zero-order valence-corrected chi connectivity index (χ0v) is 15.2. The fourth-order valence-electron chi connectivity index (χ4n) is 7.14. The highest BCUT2D eigenvalue weighted by molar-refractivity contribution is 5.26. The summed E-state index contributed by atoms with van der Waals surface area (Å²) in [7, 11) is 0. The molecule has 1 nitrogen and oxygen atoms in total. The summed E-state index contributed by atoms with van der Waals surface area (Å²) < 4.78 is 14.9. The topological polar surface area (TPSA) is 20.2 Å². The van der Waals surface area contributed by atoms with Crippen LogP contribution in [0.2, 0.25) is 0 Å². The van der Waals surface area contributed by atoms with Crippen LogP contribution in [-0.4, -0.2) is 16.9 Å². The number of alkyl halides is 1. The Morgan fingerprint density at radius 2 is 1.87 bits per heavy atom. The average molecular weight is 320 g/mol. The molecular formula is C21H33FO. The number of fused-ring (bicyclic) bond motifs is 5. The van der Waals surface area contributed by atoms with E-state index >= 15 is 0 Å². The van der Waals surface area contributed by atoms with Crippen LogP contribution in [-0.2, 0) is 0 Å². The molecular weight excluding hydrogens is 287 g/mol. The predicted molar refractivity (Wildman–Crippen MR) is 91.8 cm³/mol. The number of allylic oxidation sites excluding steroid dienone is 2. The van der Waals surface area contributed by atoms with Gasteiger partial charge in [0.15, 0.2) is 0 Å². The minimum Gasteiger partial charge on any atom is -0.389 e. The normalized spacial score (nSPS) is 58.9. The van der Waals surface area contributed by atoms with Gasteiger partial charge < -0.3 is 5.11 Å². The number of aliphatic hydroxyl groups is 1. The molecule has 4 rings (SSSR count). The minimum absolute atomic E-state index is 0.214. The molecule has 130 valence electrons. The van der Waals surface area contributed by atoms with Crippen molar-refractivity contribution in [1.82, 2.24) is 0 Å². The molecule has 0 aromatic rings. The van der Waals surface area contributed by atoms with Crippen molar-refractivity contribution in [2.75, 3.05) is 0 Å². The van der Waals surface area contributed by atoms with Crippen LogP contribution in [0.25, 0.3) is 0 Å². The largest absolute Gasteiger partial charge is 0.389 e. The summed E-state index contributed by atoms with van der Waals surface area (Å²) >= 11 is 0. The molecule has 4 aliphatic rings. The van der Waals surface area contributed by atoms with E-state index in [2.05, 4.69) is 26.8 Å². The lowest BCUT2D eigenvalue weighted by Gasteiger charge is -2.57. The molecule has 23 heavy (non-hydrogen) atoms. The maximum absolute atomic E-state index is 14.9. The Balaban J connectivity index is 1.70. The zero-order chi connectivity index (χ0) is 16.6. The lowest BCUT2D eigenvalue weighted by molar-refractivity contribution is -0.0839. The van der Waals surface area contributed by atoms with Crippen molar-refractivity contribution >= 4 is 0 Å². The SMILES string of the molecule is CC1CC[C@@]2(C)C(=CC[C@@H]3[C@H]2CC[C@]2(C)C(O)C(C)(F)C[C@@H]32)C1. The van der Waals surface area contributed by atoms with Gasteiger partial charge in [0.1, 0.15) is 5.67 Å². The lowest BCUT2D eigenvalue weighted by atomic mass is 9.47. The summed E-state index contributed by atoms with van der Waals surface area (Å²) in [6, 6.07) is 0. The molecule has 8 atom stereocenters. The Labute approximate surface area is 140 Å². The molecule has 0 aromatic heterocycles. The van der Waals surface area contributed by atoms with Gasteiger partial charge in [-0.3, -0.25) is 0 Å². The summed E-state index contributed by atoms with van der Waals surface area (Å²) in [6.45, 7) is 8.66. The van der Waals surface area contributed by atoms with Gasteiger partial charge in [-0.25, -0.2) is 4.39 Å². The van der Waals surface area contributed by atoms with Crippen LogP contribution in [0, 0.1) is 34.5 Å². The van der Waals surface area contributed by atoms with Gasteiger partial charge in [-0.05, 0) is 86.4 Å². The van der Waals surface area contributed by atoms with Gasteiger partial charge in [-0.2, -0.15) is 0 Å². The van der Waals surface area contributed by atoms with E-state index in [0.717, 1.165) is 18.8 Å². The third-order valence-corrected chi connectivity index (χ3v) is 8.60. The van der Waals surface area contributed by atoms with E-state index < -0.39 is 11.8 Å². The summed E-state index contributed by atoms with van der Waals surface area (Å²) in [4.78, 5) is 0. The van der Waals surface area contributed by atoms with Crippen LogP contribution in [0.4, 0.5) is 4.39 Å². The van der Waals surface area contributed by atoms with Crippen LogP contribution < -0.4 is 0 Å². The first kappa shape index (κ1) is 16.1. The van der Waals surface area contributed by atoms with Crippen molar-refractivity contribution in [2.24, 2.45) is 34.5 Å². The molecule has 0 aliphatic heterocycles. The lowest BCUT2D eigenvalue weighted by Crippen LogP contribution is -2.51.